The van der Waals surface area contributed by atoms with Crippen LogP contribution in [-0.4, -0.2) is 20.1 Å². The Kier molecular flexibility index (Phi) is 4.24. The molecule has 0 saturated carbocycles. The molecule has 1 N–H and O–H groups in total. The lowest BCUT2D eigenvalue weighted by molar-refractivity contribution is 1.64. The number of hydrogen-bond donors (Lipinski definition) is 1. The smallest absolute Gasteiger partial charge is 0.162 e. The van der Waals surface area contributed by atoms with Crippen LogP contribution in [0, 0.1) is 0 Å². The van der Waals surface area contributed by atoms with Crippen LogP contribution in [0.15, 0.2) is 12.3 Å². The second-order valence-electron chi connectivity index (χ2n) is 0.473. The summed E-state index contributed by atoms with van der Waals surface area (Å²) in [5.41, 5.74) is 1.80. The molecule has 0 atom stereocenters. The minimum atomic E-state index is 0.625. The number of hydrogen-bond acceptors (Lipinski definition) is 1. The highest BCUT2D eigenvalue weighted by Gasteiger charge is 1.63. The molecule has 0 amide bonds. The lowest BCUT2D eigenvalue weighted by Crippen LogP contribution is -2.10. The molecule has 0 rings (SSSR count). The van der Waals surface area contributed by atoms with Crippen LogP contribution in [0.2, 0.25) is 0 Å². The fourth-order valence-electron chi connectivity index (χ4n) is 0.0510. The van der Waals surface area contributed by atoms with Crippen molar-refractivity contribution in [1.29, 1.82) is 0 Å². The molecule has 0 heterocycles. The van der Waals surface area contributed by atoms with E-state index in [0.717, 1.165) is 0 Å². The van der Waals surface area contributed by atoms with E-state index in [1.807, 2.05) is 0 Å². The Bertz CT molecular complexity index is 28.8. The molecule has 1 nitrogen and oxygen atoms in total. The first kappa shape index (κ1) is 5.13. The van der Waals surface area contributed by atoms with E-state index in [1.54, 1.807) is 5.70 Å². The van der Waals surface area contributed by atoms with Crippen molar-refractivity contribution in [1.82, 2.24) is 4.65 Å². The van der Waals surface area contributed by atoms with Gasteiger partial charge in [-0.25, -0.2) is 0 Å². The molecule has 0 aliphatic heterocycles. The fraction of sp³-hybridized carbons (Fsp3) is 0. The summed E-state index contributed by atoms with van der Waals surface area (Å²) in [5, 5.41) is 0. The Hall–Kier alpha value is 0.134. The van der Waals surface area contributed by atoms with Gasteiger partial charge in [0.1, 0.15) is 10.4 Å². The maximum atomic E-state index is 3.47. The summed E-state index contributed by atoms with van der Waals surface area (Å²) in [4.78, 5) is 0. The largest absolute Gasteiger partial charge is 0.361 e. The normalized spacial score (nSPS) is 7.40. The summed E-state index contributed by atoms with van der Waals surface area (Å²) >= 11 is 0. The van der Waals surface area contributed by atoms with Gasteiger partial charge in [-0.15, -0.1) is 6.58 Å². The molecule has 0 aromatic rings. The number of nitrogens with one attached hydrogen (secondary N) is 1. The molecule has 0 aromatic heterocycles. The minimum Gasteiger partial charge on any atom is -0.361 e. The maximum absolute atomic E-state index is 3.47. The van der Waals surface area contributed by atoms with Crippen molar-refractivity contribution < 1.29 is 0 Å². The first-order valence-electron chi connectivity index (χ1n) is 1.20. The van der Waals surface area contributed by atoms with Gasteiger partial charge in [0.05, 0.1) is 0 Å². The van der Waals surface area contributed by atoms with E-state index in [1.165, 1.54) is 0 Å². The van der Waals surface area contributed by atoms with Gasteiger partial charge in [-0.3, -0.25) is 0 Å². The molecule has 0 saturated heterocycles. The standard InChI is InChI=1S/C2H4NSi2/c1-2-5-3-4/h2-3H,1H2. The van der Waals surface area contributed by atoms with Crippen LogP contribution in [-0.2, 0) is 0 Å². The van der Waals surface area contributed by atoms with Crippen molar-refractivity contribution in [3.05, 3.63) is 12.3 Å². The Labute approximate surface area is 37.9 Å². The van der Waals surface area contributed by atoms with Crippen molar-refractivity contribution in [2.24, 2.45) is 0 Å². The van der Waals surface area contributed by atoms with Gasteiger partial charge in [0.15, 0.2) is 9.68 Å². The first-order chi connectivity index (χ1) is 2.41. The van der Waals surface area contributed by atoms with E-state index in [9.17, 15) is 0 Å². The second kappa shape index (κ2) is 4.13. The van der Waals surface area contributed by atoms with Crippen LogP contribution in [0.4, 0.5) is 0 Å². The zero-order chi connectivity index (χ0) is 4.12. The molecule has 0 spiro atoms. The molecule has 0 fully saturated rings. The third-order valence-electron chi connectivity index (χ3n) is 0.174. The Balaban J connectivity index is 2.40. The second-order valence-corrected chi connectivity index (χ2v) is 2.17. The fourth-order valence-corrected chi connectivity index (χ4v) is 0.459. The molecule has 5 heavy (non-hydrogen) atoms. The zero-order valence-electron chi connectivity index (χ0n) is 2.78. The predicted molar refractivity (Wildman–Crippen MR) is 24.8 cm³/mol. The van der Waals surface area contributed by atoms with E-state index in [-0.39, 0.29) is 0 Å². The van der Waals surface area contributed by atoms with E-state index >= 15 is 0 Å². The van der Waals surface area contributed by atoms with Crippen LogP contribution in [0.3, 0.4) is 0 Å². The van der Waals surface area contributed by atoms with Gasteiger partial charge in [0.2, 0.25) is 0 Å². The van der Waals surface area contributed by atoms with Crippen molar-refractivity contribution in [2.75, 3.05) is 0 Å². The van der Waals surface area contributed by atoms with Gasteiger partial charge < -0.3 is 4.65 Å². The lowest BCUT2D eigenvalue weighted by Gasteiger charge is -1.75. The maximum Gasteiger partial charge on any atom is 0.162 e. The van der Waals surface area contributed by atoms with E-state index < -0.39 is 0 Å². The monoisotopic (exact) mass is 98.0 g/mol. The summed E-state index contributed by atoms with van der Waals surface area (Å²) < 4.78 is 2.73. The predicted octanol–water partition coefficient (Wildman–Crippen LogP) is -0.578. The van der Waals surface area contributed by atoms with E-state index in [4.69, 9.17) is 0 Å². The molecule has 0 bridgehead atoms. The summed E-state index contributed by atoms with van der Waals surface area (Å²) in [6, 6.07) is 0. The quantitative estimate of drug-likeness (QED) is 0.456. The van der Waals surface area contributed by atoms with Crippen LogP contribution < -0.4 is 4.65 Å². The Morgan fingerprint density at radius 3 is 2.60 bits per heavy atom. The molecule has 0 aromatic carbocycles. The molecule has 5 radical (unpaired) electrons. The van der Waals surface area contributed by atoms with Gasteiger partial charge in [0.25, 0.3) is 0 Å². The lowest BCUT2D eigenvalue weighted by atomic mass is 11.3. The highest BCUT2D eigenvalue weighted by molar-refractivity contribution is 6.46. The topological polar surface area (TPSA) is 12.0 Å². The Morgan fingerprint density at radius 1 is 2.00 bits per heavy atom. The van der Waals surface area contributed by atoms with Gasteiger partial charge in [-0.05, 0) is 0 Å². The zero-order valence-corrected chi connectivity index (χ0v) is 4.78. The van der Waals surface area contributed by atoms with E-state index in [0.29, 0.717) is 9.68 Å². The van der Waals surface area contributed by atoms with Crippen LogP contribution in [0.25, 0.3) is 0 Å². The van der Waals surface area contributed by atoms with Crippen LogP contribution >= 0.6 is 0 Å². The number of rotatable bonds is 2. The Morgan fingerprint density at radius 2 is 2.60 bits per heavy atom. The molecule has 0 aliphatic rings. The average Bonchev–Trinajstić information content (AvgIpc) is 1.41. The molecule has 3 heteroatoms. The third kappa shape index (κ3) is 4.13. The van der Waals surface area contributed by atoms with Gasteiger partial charge in [-0.2, -0.15) is 0 Å². The van der Waals surface area contributed by atoms with Crippen molar-refractivity contribution in [3.8, 4) is 0 Å². The molecule has 0 unspecified atom stereocenters. The molecule has 25 valence electrons. The van der Waals surface area contributed by atoms with Crippen LogP contribution in [0.1, 0.15) is 0 Å². The van der Waals surface area contributed by atoms with Crippen molar-refractivity contribution in [2.45, 2.75) is 0 Å². The highest BCUT2D eigenvalue weighted by Crippen LogP contribution is 1.42. The van der Waals surface area contributed by atoms with Crippen molar-refractivity contribution in [3.63, 3.8) is 0 Å². The molecular weight excluding hydrogens is 94.2 g/mol. The third-order valence-corrected chi connectivity index (χ3v) is 0.956. The summed E-state index contributed by atoms with van der Waals surface area (Å²) in [6.45, 7) is 3.47. The first-order valence-corrected chi connectivity index (χ1v) is 2.77. The van der Waals surface area contributed by atoms with Crippen molar-refractivity contribution >= 4 is 20.1 Å². The SMILES string of the molecule is C=C[Si]N[Si]. The summed E-state index contributed by atoms with van der Waals surface area (Å²) in [6.07, 6.45) is 0. The molecule has 0 aliphatic carbocycles. The highest BCUT2D eigenvalue weighted by atomic mass is 28.3. The van der Waals surface area contributed by atoms with Gasteiger partial charge >= 0.3 is 0 Å². The summed E-state index contributed by atoms with van der Waals surface area (Å²) in [7, 11) is 3.67. The van der Waals surface area contributed by atoms with Gasteiger partial charge in [0, 0.05) is 0 Å². The van der Waals surface area contributed by atoms with Crippen LogP contribution in [0.5, 0.6) is 0 Å². The van der Waals surface area contributed by atoms with Gasteiger partial charge in [-0.1, -0.05) is 5.70 Å². The average molecular weight is 98.2 g/mol. The minimum absolute atomic E-state index is 0.625. The van der Waals surface area contributed by atoms with E-state index in [2.05, 4.69) is 21.6 Å². The molecular formula is C2H4NSi2. The summed E-state index contributed by atoms with van der Waals surface area (Å²) in [5.74, 6) is 0.